The molecule has 0 radical (unpaired) electrons. The van der Waals surface area contributed by atoms with Crippen molar-refractivity contribution in [1.82, 2.24) is 5.16 Å². The maximum absolute atomic E-state index is 12.7. The van der Waals surface area contributed by atoms with Crippen molar-refractivity contribution >= 4 is 44.8 Å². The number of Topliss-reactive ketones (excluding diaryl/α,β-unsaturated/α-hetero) is 1. The van der Waals surface area contributed by atoms with E-state index in [4.69, 9.17) is 32.5 Å². The number of ether oxygens (including phenoxy) is 1. The number of aromatic nitrogens is 1. The Morgan fingerprint density at radius 2 is 1.93 bits per heavy atom. The summed E-state index contributed by atoms with van der Waals surface area (Å²) in [6.45, 7) is 1.73. The van der Waals surface area contributed by atoms with Gasteiger partial charge in [-0.05, 0) is 31.9 Å². The molecule has 0 saturated heterocycles. The Kier molecular flexibility index (Phi) is 5.33. The lowest BCUT2D eigenvalue weighted by molar-refractivity contribution is 0.0511. The minimum Gasteiger partial charge on any atom is -0.461 e. The molecule has 1 aliphatic rings. The van der Waals surface area contributed by atoms with Crippen molar-refractivity contribution in [2.75, 3.05) is 12.9 Å². The number of rotatable bonds is 6. The largest absolute Gasteiger partial charge is 0.461 e. The van der Waals surface area contributed by atoms with Gasteiger partial charge in [-0.1, -0.05) is 28.4 Å². The number of ketones is 1. The molecule has 0 N–H and O–H groups in total. The molecule has 1 heterocycles. The lowest BCUT2D eigenvalue weighted by Crippen LogP contribution is -2.13. The molecule has 1 aromatic carbocycles. The van der Waals surface area contributed by atoms with E-state index in [2.05, 4.69) is 5.16 Å². The third kappa shape index (κ3) is 3.74. The summed E-state index contributed by atoms with van der Waals surface area (Å²) in [7, 11) is -3.60. The van der Waals surface area contributed by atoms with Crippen LogP contribution in [0.3, 0.4) is 0 Å². The molecule has 2 aromatic rings. The lowest BCUT2D eigenvalue weighted by atomic mass is 10.0. The number of halogens is 2. The summed E-state index contributed by atoms with van der Waals surface area (Å²) in [5.74, 6) is -1.34. The number of carbonyl (C=O) groups excluding carboxylic acids is 2. The molecular formula is C17H15Cl2NO6S. The van der Waals surface area contributed by atoms with E-state index in [1.165, 1.54) is 12.1 Å². The van der Waals surface area contributed by atoms with Gasteiger partial charge >= 0.3 is 5.97 Å². The van der Waals surface area contributed by atoms with Crippen molar-refractivity contribution in [2.45, 2.75) is 24.7 Å². The highest BCUT2D eigenvalue weighted by Crippen LogP contribution is 2.42. The number of esters is 1. The van der Waals surface area contributed by atoms with Gasteiger partial charge in [0.25, 0.3) is 0 Å². The molecule has 0 unspecified atom stereocenters. The average molecular weight is 432 g/mol. The van der Waals surface area contributed by atoms with Gasteiger partial charge in [0.15, 0.2) is 21.4 Å². The molecule has 1 aromatic heterocycles. The molecule has 0 atom stereocenters. The SMILES string of the molecule is CCOC(=O)c1noc(-c2ccc(S(C)(=O)=O)c(Cl)c2Cl)c1C(=O)C1CC1. The number of carbonyl (C=O) groups is 2. The Hall–Kier alpha value is -1.90. The first-order chi connectivity index (χ1) is 12.7. The molecule has 10 heteroatoms. The minimum atomic E-state index is -3.60. The zero-order chi connectivity index (χ0) is 19.9. The van der Waals surface area contributed by atoms with Gasteiger partial charge in [0.1, 0.15) is 5.56 Å². The summed E-state index contributed by atoms with van der Waals surface area (Å²) < 4.78 is 33.8. The monoisotopic (exact) mass is 431 g/mol. The zero-order valence-corrected chi connectivity index (χ0v) is 16.7. The zero-order valence-electron chi connectivity index (χ0n) is 14.4. The summed E-state index contributed by atoms with van der Waals surface area (Å²) in [6, 6.07) is 2.63. The second-order valence-corrected chi connectivity index (χ2v) is 8.85. The number of benzene rings is 1. The fourth-order valence-corrected chi connectivity index (χ4v) is 4.22. The van der Waals surface area contributed by atoms with Crippen LogP contribution in [0.4, 0.5) is 0 Å². The predicted molar refractivity (Wildman–Crippen MR) is 98.1 cm³/mol. The molecule has 0 amide bonds. The molecule has 1 aliphatic carbocycles. The summed E-state index contributed by atoms with van der Waals surface area (Å²) in [5, 5.41) is 3.38. The second-order valence-electron chi connectivity index (χ2n) is 6.11. The Morgan fingerprint density at radius 3 is 2.48 bits per heavy atom. The normalized spacial score (nSPS) is 14.2. The predicted octanol–water partition coefficient (Wildman–Crippen LogP) is 3.82. The summed E-state index contributed by atoms with van der Waals surface area (Å²) in [4.78, 5) is 24.7. The molecule has 0 bridgehead atoms. The molecule has 0 aliphatic heterocycles. The van der Waals surface area contributed by atoms with Crippen molar-refractivity contribution in [2.24, 2.45) is 5.92 Å². The molecule has 27 heavy (non-hydrogen) atoms. The van der Waals surface area contributed by atoms with Gasteiger partial charge in [-0.2, -0.15) is 0 Å². The third-order valence-corrected chi connectivity index (χ3v) is 6.18. The lowest BCUT2D eigenvalue weighted by Gasteiger charge is -2.09. The average Bonchev–Trinajstić information content (AvgIpc) is 3.34. The van der Waals surface area contributed by atoms with E-state index >= 15 is 0 Å². The van der Waals surface area contributed by atoms with E-state index in [1.807, 2.05) is 0 Å². The van der Waals surface area contributed by atoms with Crippen LogP contribution in [0, 0.1) is 5.92 Å². The summed E-state index contributed by atoms with van der Waals surface area (Å²) in [5.41, 5.74) is -0.0923. The number of hydrogen-bond acceptors (Lipinski definition) is 7. The fraction of sp³-hybridized carbons (Fsp3) is 0.353. The van der Waals surface area contributed by atoms with Gasteiger partial charge < -0.3 is 9.26 Å². The van der Waals surface area contributed by atoms with Gasteiger partial charge in [-0.25, -0.2) is 13.2 Å². The van der Waals surface area contributed by atoms with Crippen LogP contribution in [0.25, 0.3) is 11.3 Å². The van der Waals surface area contributed by atoms with Gasteiger partial charge in [0.2, 0.25) is 5.69 Å². The van der Waals surface area contributed by atoms with E-state index in [1.54, 1.807) is 6.92 Å². The van der Waals surface area contributed by atoms with Crippen molar-refractivity contribution in [3.8, 4) is 11.3 Å². The first kappa shape index (κ1) is 19.9. The maximum Gasteiger partial charge on any atom is 0.361 e. The van der Waals surface area contributed by atoms with Crippen molar-refractivity contribution < 1.29 is 27.3 Å². The van der Waals surface area contributed by atoms with Gasteiger partial charge in [-0.15, -0.1) is 0 Å². The molecule has 144 valence electrons. The van der Waals surface area contributed by atoms with Crippen LogP contribution in [0.5, 0.6) is 0 Å². The van der Waals surface area contributed by atoms with Crippen LogP contribution in [0.2, 0.25) is 10.0 Å². The molecular weight excluding hydrogens is 417 g/mol. The van der Waals surface area contributed by atoms with Crippen molar-refractivity contribution in [3.05, 3.63) is 33.4 Å². The first-order valence-electron chi connectivity index (χ1n) is 8.06. The number of sulfone groups is 1. The molecule has 3 rings (SSSR count). The van der Waals surface area contributed by atoms with Crippen molar-refractivity contribution in [3.63, 3.8) is 0 Å². The Balaban J connectivity index is 2.19. The van der Waals surface area contributed by atoms with Crippen LogP contribution in [-0.2, 0) is 14.6 Å². The van der Waals surface area contributed by atoms with Gasteiger partial charge in [-0.3, -0.25) is 4.79 Å². The molecule has 1 fully saturated rings. The van der Waals surface area contributed by atoms with E-state index in [-0.39, 0.29) is 55.8 Å². The Morgan fingerprint density at radius 1 is 1.26 bits per heavy atom. The highest BCUT2D eigenvalue weighted by molar-refractivity contribution is 7.90. The molecule has 1 saturated carbocycles. The van der Waals surface area contributed by atoms with E-state index in [0.717, 1.165) is 6.26 Å². The highest BCUT2D eigenvalue weighted by atomic mass is 35.5. The van der Waals surface area contributed by atoms with Gasteiger partial charge in [0.05, 0.1) is 21.5 Å². The Bertz CT molecular complexity index is 1040. The van der Waals surface area contributed by atoms with E-state index < -0.39 is 15.8 Å². The smallest absolute Gasteiger partial charge is 0.361 e. The van der Waals surface area contributed by atoms with Crippen molar-refractivity contribution in [1.29, 1.82) is 0 Å². The second kappa shape index (κ2) is 7.26. The quantitative estimate of drug-likeness (QED) is 0.505. The first-order valence-corrected chi connectivity index (χ1v) is 10.7. The number of nitrogens with zero attached hydrogens (tertiary/aromatic N) is 1. The topological polar surface area (TPSA) is 104 Å². The summed E-state index contributed by atoms with van der Waals surface area (Å²) in [6.07, 6.45) is 2.40. The van der Waals surface area contributed by atoms with Gasteiger partial charge in [0, 0.05) is 17.7 Å². The molecule has 0 spiro atoms. The highest BCUT2D eigenvalue weighted by Gasteiger charge is 2.38. The van der Waals surface area contributed by atoms with Crippen LogP contribution < -0.4 is 0 Å². The van der Waals surface area contributed by atoms with Crippen LogP contribution >= 0.6 is 23.2 Å². The molecule has 7 nitrogen and oxygen atoms in total. The van der Waals surface area contributed by atoms with Crippen LogP contribution in [-0.4, -0.2) is 38.2 Å². The maximum atomic E-state index is 12.7. The van der Waals surface area contributed by atoms with Crippen LogP contribution in [0.1, 0.15) is 40.6 Å². The minimum absolute atomic E-state index is 0.0268. The summed E-state index contributed by atoms with van der Waals surface area (Å²) >= 11 is 12.4. The van der Waals surface area contributed by atoms with Crippen LogP contribution in [0.15, 0.2) is 21.6 Å². The van der Waals surface area contributed by atoms with E-state index in [9.17, 15) is 18.0 Å². The fourth-order valence-electron chi connectivity index (χ4n) is 2.58. The standard InChI is InChI=1S/C17H15Cl2NO6S/c1-3-25-17(22)14-11(15(21)8-4-5-8)16(26-20-14)9-6-7-10(27(2,23)24)13(19)12(9)18/h6-8H,3-5H2,1-2H3. The van der Waals surface area contributed by atoms with E-state index in [0.29, 0.717) is 12.8 Å². The Labute approximate surface area is 165 Å². The number of hydrogen-bond donors (Lipinski definition) is 0. The third-order valence-electron chi connectivity index (χ3n) is 4.05.